The Morgan fingerprint density at radius 3 is 2.95 bits per heavy atom. The van der Waals surface area contributed by atoms with Gasteiger partial charge in [0.1, 0.15) is 0 Å². The van der Waals surface area contributed by atoms with Gasteiger partial charge < -0.3 is 5.11 Å². The Bertz CT molecular complexity index is 458. The first kappa shape index (κ1) is 13.1. The van der Waals surface area contributed by atoms with Gasteiger partial charge in [0.2, 0.25) is 0 Å². The number of nitrogens with zero attached hydrogens (tertiary/aromatic N) is 1. The molecule has 0 aromatic carbocycles. The molecule has 2 aliphatic rings. The van der Waals surface area contributed by atoms with Crippen molar-refractivity contribution in [1.29, 1.82) is 0 Å². The molecule has 1 N–H and O–H groups in total. The normalized spacial score (nSPS) is 38.8. The second-order valence-corrected chi connectivity index (χ2v) is 6.64. The Morgan fingerprint density at radius 1 is 1.26 bits per heavy atom. The topological polar surface area (TPSA) is 33.1 Å². The number of fused-ring (bicyclic) bond motifs is 1. The third kappa shape index (κ3) is 2.10. The van der Waals surface area contributed by atoms with E-state index in [-0.39, 0.29) is 5.92 Å². The van der Waals surface area contributed by atoms with E-state index in [0.29, 0.717) is 11.8 Å². The van der Waals surface area contributed by atoms with E-state index in [9.17, 15) is 5.11 Å². The van der Waals surface area contributed by atoms with Crippen molar-refractivity contribution in [2.24, 2.45) is 11.8 Å². The summed E-state index contributed by atoms with van der Waals surface area (Å²) in [5.41, 5.74) is 2.00. The van der Waals surface area contributed by atoms with Crippen LogP contribution < -0.4 is 0 Å². The van der Waals surface area contributed by atoms with Crippen LogP contribution in [0, 0.1) is 11.8 Å². The zero-order valence-corrected chi connectivity index (χ0v) is 12.1. The highest BCUT2D eigenvalue weighted by Gasteiger charge is 2.47. The van der Waals surface area contributed by atoms with Crippen molar-refractivity contribution in [3.63, 3.8) is 0 Å². The van der Waals surface area contributed by atoms with Crippen molar-refractivity contribution < 1.29 is 5.11 Å². The van der Waals surface area contributed by atoms with Gasteiger partial charge in [-0.15, -0.1) is 0 Å². The van der Waals surface area contributed by atoms with E-state index in [1.807, 2.05) is 12.3 Å². The molecule has 19 heavy (non-hydrogen) atoms. The van der Waals surface area contributed by atoms with Crippen LogP contribution in [0.2, 0.25) is 0 Å². The molecule has 3 rings (SSSR count). The summed E-state index contributed by atoms with van der Waals surface area (Å²) in [6, 6.07) is 4.22. The van der Waals surface area contributed by atoms with E-state index < -0.39 is 5.60 Å². The summed E-state index contributed by atoms with van der Waals surface area (Å²) in [6.45, 7) is 4.53. The van der Waals surface area contributed by atoms with Gasteiger partial charge in [-0.25, -0.2) is 0 Å². The molecule has 4 unspecified atom stereocenters. The van der Waals surface area contributed by atoms with Crippen molar-refractivity contribution >= 4 is 0 Å². The predicted octanol–water partition coefficient (Wildman–Crippen LogP) is 3.69. The number of aryl methyl sites for hydroxylation is 1. The molecule has 1 heterocycles. The van der Waals surface area contributed by atoms with Crippen LogP contribution in [-0.2, 0) is 6.42 Å². The van der Waals surface area contributed by atoms with Gasteiger partial charge >= 0.3 is 0 Å². The van der Waals surface area contributed by atoms with E-state index in [2.05, 4.69) is 24.9 Å². The van der Waals surface area contributed by atoms with Gasteiger partial charge in [0.05, 0.1) is 5.60 Å². The monoisotopic (exact) mass is 259 g/mol. The standard InChI is InChI=1S/C17H25NO/c1-12-6-4-10-17(19,13(12)2)15-9-3-7-14-8-5-11-18-16(14)15/h5,8,11-13,15,19H,3-4,6-7,9-10H2,1-2H3. The Hall–Kier alpha value is -0.890. The SMILES string of the molecule is CC1CCCC(O)(C2CCCc3cccnc32)C1C. The van der Waals surface area contributed by atoms with Gasteiger partial charge in [-0.2, -0.15) is 0 Å². The fourth-order valence-corrected chi connectivity index (χ4v) is 4.27. The van der Waals surface area contributed by atoms with Crippen LogP contribution in [0.25, 0.3) is 0 Å². The molecule has 0 amide bonds. The minimum Gasteiger partial charge on any atom is -0.389 e. The lowest BCUT2D eigenvalue weighted by molar-refractivity contribution is -0.0880. The van der Waals surface area contributed by atoms with Crippen LogP contribution in [0.1, 0.15) is 63.1 Å². The highest BCUT2D eigenvalue weighted by Crippen LogP contribution is 2.49. The summed E-state index contributed by atoms with van der Waals surface area (Å²) in [7, 11) is 0. The van der Waals surface area contributed by atoms with Crippen LogP contribution >= 0.6 is 0 Å². The first-order valence-corrected chi connectivity index (χ1v) is 7.79. The molecule has 1 aromatic rings. The van der Waals surface area contributed by atoms with E-state index >= 15 is 0 Å². The highest BCUT2D eigenvalue weighted by atomic mass is 16.3. The second kappa shape index (κ2) is 4.90. The minimum absolute atomic E-state index is 0.246. The number of rotatable bonds is 1. The molecule has 104 valence electrons. The molecule has 0 bridgehead atoms. The number of pyridine rings is 1. The Balaban J connectivity index is 1.98. The Labute approximate surface area is 116 Å². The molecule has 0 radical (unpaired) electrons. The van der Waals surface area contributed by atoms with Crippen LogP contribution in [0.3, 0.4) is 0 Å². The molecule has 1 aromatic heterocycles. The van der Waals surface area contributed by atoms with Gasteiger partial charge in [0, 0.05) is 17.8 Å². The van der Waals surface area contributed by atoms with Crippen LogP contribution in [0.5, 0.6) is 0 Å². The number of aliphatic hydroxyl groups is 1. The fourth-order valence-electron chi connectivity index (χ4n) is 4.27. The van der Waals surface area contributed by atoms with Crippen molar-refractivity contribution in [3.05, 3.63) is 29.6 Å². The van der Waals surface area contributed by atoms with E-state index in [1.54, 1.807) is 0 Å². The molecule has 1 fully saturated rings. The third-order valence-electron chi connectivity index (χ3n) is 5.68. The van der Waals surface area contributed by atoms with Gasteiger partial charge in [-0.1, -0.05) is 32.8 Å². The van der Waals surface area contributed by atoms with Crippen molar-refractivity contribution in [1.82, 2.24) is 4.98 Å². The van der Waals surface area contributed by atoms with Crippen molar-refractivity contribution in [2.45, 2.75) is 63.9 Å². The van der Waals surface area contributed by atoms with Crippen molar-refractivity contribution in [2.75, 3.05) is 0 Å². The first-order chi connectivity index (χ1) is 9.13. The zero-order valence-electron chi connectivity index (χ0n) is 12.1. The molecular weight excluding hydrogens is 234 g/mol. The van der Waals surface area contributed by atoms with Gasteiger partial charge in [-0.3, -0.25) is 4.98 Å². The molecule has 2 heteroatoms. The van der Waals surface area contributed by atoms with Crippen LogP contribution in [0.4, 0.5) is 0 Å². The zero-order chi connectivity index (χ0) is 13.5. The Morgan fingerprint density at radius 2 is 2.11 bits per heavy atom. The largest absolute Gasteiger partial charge is 0.389 e. The van der Waals surface area contributed by atoms with Crippen LogP contribution in [-0.4, -0.2) is 15.7 Å². The summed E-state index contributed by atoms with van der Waals surface area (Å²) in [5, 5.41) is 11.3. The maximum absolute atomic E-state index is 11.3. The number of aromatic nitrogens is 1. The summed E-state index contributed by atoms with van der Waals surface area (Å²) in [5.74, 6) is 1.24. The lowest BCUT2D eigenvalue weighted by Crippen LogP contribution is -2.49. The second-order valence-electron chi connectivity index (χ2n) is 6.64. The molecule has 0 spiro atoms. The van der Waals surface area contributed by atoms with E-state index in [0.717, 1.165) is 25.7 Å². The van der Waals surface area contributed by atoms with Gasteiger partial charge in [0.15, 0.2) is 0 Å². The molecule has 2 nitrogen and oxygen atoms in total. The Kier molecular flexibility index (Phi) is 3.38. The average Bonchev–Trinajstić information content (AvgIpc) is 2.44. The smallest absolute Gasteiger partial charge is 0.0759 e. The average molecular weight is 259 g/mol. The maximum atomic E-state index is 11.3. The molecular formula is C17H25NO. The summed E-state index contributed by atoms with van der Waals surface area (Å²) < 4.78 is 0. The minimum atomic E-state index is -0.540. The molecule has 1 saturated carbocycles. The lowest BCUT2D eigenvalue weighted by atomic mass is 9.61. The van der Waals surface area contributed by atoms with E-state index in [4.69, 9.17) is 0 Å². The summed E-state index contributed by atoms with van der Waals surface area (Å²) >= 11 is 0. The summed E-state index contributed by atoms with van der Waals surface area (Å²) in [6.07, 6.45) is 8.65. The molecule has 0 aliphatic heterocycles. The van der Waals surface area contributed by atoms with Crippen LogP contribution in [0.15, 0.2) is 18.3 Å². The first-order valence-electron chi connectivity index (χ1n) is 7.79. The maximum Gasteiger partial charge on any atom is 0.0759 e. The molecule has 2 aliphatic carbocycles. The van der Waals surface area contributed by atoms with Gasteiger partial charge in [0.25, 0.3) is 0 Å². The molecule has 0 saturated heterocycles. The highest BCUT2D eigenvalue weighted by molar-refractivity contribution is 5.29. The van der Waals surface area contributed by atoms with Crippen molar-refractivity contribution in [3.8, 4) is 0 Å². The number of hydrogen-bond acceptors (Lipinski definition) is 2. The third-order valence-corrected chi connectivity index (χ3v) is 5.68. The fraction of sp³-hybridized carbons (Fsp3) is 0.706. The lowest BCUT2D eigenvalue weighted by Gasteiger charge is -2.48. The predicted molar refractivity (Wildman–Crippen MR) is 77.0 cm³/mol. The quantitative estimate of drug-likeness (QED) is 0.834. The van der Waals surface area contributed by atoms with E-state index in [1.165, 1.54) is 24.1 Å². The van der Waals surface area contributed by atoms with Gasteiger partial charge in [-0.05, 0) is 49.1 Å². The number of hydrogen-bond donors (Lipinski definition) is 1. The summed E-state index contributed by atoms with van der Waals surface area (Å²) in [4.78, 5) is 4.62. The molecule has 4 atom stereocenters.